The van der Waals surface area contributed by atoms with Gasteiger partial charge >= 0.3 is 0 Å². The van der Waals surface area contributed by atoms with E-state index in [9.17, 15) is 0 Å². The molecule has 2 heteroatoms. The summed E-state index contributed by atoms with van der Waals surface area (Å²) in [6.45, 7) is 5.83. The maximum Gasteiger partial charge on any atom is 0.00356 e. The average Bonchev–Trinajstić information content (AvgIpc) is 2.39. The summed E-state index contributed by atoms with van der Waals surface area (Å²) in [4.78, 5) is 2.45. The van der Waals surface area contributed by atoms with Crippen LogP contribution in [0.15, 0.2) is 0 Å². The highest BCUT2D eigenvalue weighted by molar-refractivity contribution is 7.99. The molecule has 1 nitrogen and oxygen atoms in total. The predicted octanol–water partition coefficient (Wildman–Crippen LogP) is 2.08. The highest BCUT2D eigenvalue weighted by atomic mass is 32.2. The number of thioether (sulfide) groups is 1. The first-order valence-corrected chi connectivity index (χ1v) is 5.63. The van der Waals surface area contributed by atoms with Gasteiger partial charge in [0.1, 0.15) is 0 Å². The molecule has 0 amide bonds. The van der Waals surface area contributed by atoms with E-state index in [-0.39, 0.29) is 0 Å². The summed E-state index contributed by atoms with van der Waals surface area (Å²) < 4.78 is 0. The molecule has 0 N–H and O–H groups in total. The van der Waals surface area contributed by atoms with Crippen molar-refractivity contribution < 1.29 is 0 Å². The summed E-state index contributed by atoms with van der Waals surface area (Å²) in [5.41, 5.74) is 0. The molecule has 1 rings (SSSR count). The summed E-state index contributed by atoms with van der Waals surface area (Å²) in [7, 11) is 2.23. The largest absolute Gasteiger partial charge is 0.304 e. The van der Waals surface area contributed by atoms with E-state index in [1.54, 1.807) is 0 Å². The van der Waals surface area contributed by atoms with Gasteiger partial charge < -0.3 is 4.90 Å². The Morgan fingerprint density at radius 3 is 2.73 bits per heavy atom. The second kappa shape index (κ2) is 4.36. The highest BCUT2D eigenvalue weighted by Gasteiger charge is 2.17. The van der Waals surface area contributed by atoms with Crippen LogP contribution >= 0.6 is 11.8 Å². The molecule has 1 aliphatic rings. The zero-order chi connectivity index (χ0) is 8.27. The molecule has 1 heterocycles. The second-order valence-electron chi connectivity index (χ2n) is 3.76. The lowest BCUT2D eigenvalue weighted by Crippen LogP contribution is -2.31. The van der Waals surface area contributed by atoms with Crippen molar-refractivity contribution in [2.45, 2.75) is 26.3 Å². The minimum Gasteiger partial charge on any atom is -0.304 e. The van der Waals surface area contributed by atoms with Crippen molar-refractivity contribution in [3.8, 4) is 0 Å². The van der Waals surface area contributed by atoms with E-state index in [0.29, 0.717) is 6.04 Å². The fraction of sp³-hybridized carbons (Fsp3) is 1.00. The Morgan fingerprint density at radius 2 is 2.27 bits per heavy atom. The number of hydrogen-bond acceptors (Lipinski definition) is 2. The van der Waals surface area contributed by atoms with Gasteiger partial charge in [-0.2, -0.15) is 11.8 Å². The van der Waals surface area contributed by atoms with Crippen LogP contribution in [0.25, 0.3) is 0 Å². The Kier molecular flexibility index (Phi) is 3.73. The molecule has 0 aromatic carbocycles. The van der Waals surface area contributed by atoms with Crippen molar-refractivity contribution in [1.82, 2.24) is 4.90 Å². The van der Waals surface area contributed by atoms with Crippen LogP contribution in [0.4, 0.5) is 0 Å². The smallest absolute Gasteiger partial charge is 0.00356 e. The molecule has 0 bridgehead atoms. The Labute approximate surface area is 74.5 Å². The molecule has 1 unspecified atom stereocenters. The summed E-state index contributed by atoms with van der Waals surface area (Å²) in [5, 5.41) is 0. The molecule has 1 atom stereocenters. The molecule has 0 saturated carbocycles. The van der Waals surface area contributed by atoms with Gasteiger partial charge in [-0.25, -0.2) is 0 Å². The highest BCUT2D eigenvalue weighted by Crippen LogP contribution is 2.24. The van der Waals surface area contributed by atoms with Gasteiger partial charge in [0, 0.05) is 12.6 Å². The minimum absolute atomic E-state index is 0.709. The molecular formula is C9H19NS. The van der Waals surface area contributed by atoms with E-state index in [0.717, 1.165) is 5.92 Å². The Hall–Kier alpha value is 0.310. The topological polar surface area (TPSA) is 3.24 Å². The molecule has 11 heavy (non-hydrogen) atoms. The van der Waals surface area contributed by atoms with Crippen LogP contribution in [0, 0.1) is 5.92 Å². The number of hydrogen-bond donors (Lipinski definition) is 0. The first kappa shape index (κ1) is 9.40. The number of nitrogens with zero attached hydrogens (tertiary/aromatic N) is 1. The molecule has 1 fully saturated rings. The molecule has 0 spiro atoms. The standard InChI is InChI=1S/C9H19NS/c1-8(2)10(3)6-9-4-5-11-7-9/h8-9H,4-7H2,1-3H3. The maximum atomic E-state index is 2.45. The van der Waals surface area contributed by atoms with Crippen molar-refractivity contribution in [3.05, 3.63) is 0 Å². The van der Waals surface area contributed by atoms with Crippen molar-refractivity contribution >= 4 is 11.8 Å². The van der Waals surface area contributed by atoms with Gasteiger partial charge in [0.15, 0.2) is 0 Å². The van der Waals surface area contributed by atoms with E-state index in [4.69, 9.17) is 0 Å². The van der Waals surface area contributed by atoms with Crippen LogP contribution < -0.4 is 0 Å². The summed E-state index contributed by atoms with van der Waals surface area (Å²) in [5.74, 6) is 3.74. The van der Waals surface area contributed by atoms with Crippen molar-refractivity contribution in [3.63, 3.8) is 0 Å². The van der Waals surface area contributed by atoms with Crippen LogP contribution in [0.5, 0.6) is 0 Å². The van der Waals surface area contributed by atoms with Gasteiger partial charge in [-0.15, -0.1) is 0 Å². The van der Waals surface area contributed by atoms with E-state index < -0.39 is 0 Å². The quantitative estimate of drug-likeness (QED) is 0.643. The third kappa shape index (κ3) is 3.04. The molecule has 1 aliphatic heterocycles. The Morgan fingerprint density at radius 1 is 1.55 bits per heavy atom. The van der Waals surface area contributed by atoms with Crippen molar-refractivity contribution in [1.29, 1.82) is 0 Å². The predicted molar refractivity (Wildman–Crippen MR) is 53.2 cm³/mol. The van der Waals surface area contributed by atoms with Crippen LogP contribution in [-0.4, -0.2) is 36.0 Å². The molecule has 0 aliphatic carbocycles. The first-order chi connectivity index (χ1) is 5.20. The van der Waals surface area contributed by atoms with Crippen LogP contribution in [0.2, 0.25) is 0 Å². The van der Waals surface area contributed by atoms with Gasteiger partial charge in [-0.1, -0.05) is 0 Å². The third-order valence-electron chi connectivity index (χ3n) is 2.45. The Balaban J connectivity index is 2.18. The SMILES string of the molecule is CC(C)N(C)CC1CCSC1. The summed E-state index contributed by atoms with van der Waals surface area (Å²) >= 11 is 2.11. The van der Waals surface area contributed by atoms with Crippen molar-refractivity contribution in [2.24, 2.45) is 5.92 Å². The molecule has 0 radical (unpaired) electrons. The molecule has 66 valence electrons. The van der Waals surface area contributed by atoms with E-state index in [1.165, 1.54) is 24.5 Å². The molecule has 1 saturated heterocycles. The van der Waals surface area contributed by atoms with Crippen LogP contribution in [0.1, 0.15) is 20.3 Å². The van der Waals surface area contributed by atoms with E-state index in [2.05, 4.69) is 37.6 Å². The molecular weight excluding hydrogens is 154 g/mol. The Bertz CT molecular complexity index is 108. The first-order valence-electron chi connectivity index (χ1n) is 4.48. The lowest BCUT2D eigenvalue weighted by molar-refractivity contribution is 0.239. The van der Waals surface area contributed by atoms with Crippen molar-refractivity contribution in [2.75, 3.05) is 25.1 Å². The normalized spacial score (nSPS) is 25.4. The maximum absolute atomic E-state index is 2.45. The zero-order valence-corrected chi connectivity index (χ0v) is 8.66. The van der Waals surface area contributed by atoms with Crippen LogP contribution in [-0.2, 0) is 0 Å². The van der Waals surface area contributed by atoms with Gasteiger partial charge in [0.25, 0.3) is 0 Å². The fourth-order valence-corrected chi connectivity index (χ4v) is 2.62. The third-order valence-corrected chi connectivity index (χ3v) is 3.68. The monoisotopic (exact) mass is 173 g/mol. The molecule has 0 aromatic rings. The second-order valence-corrected chi connectivity index (χ2v) is 4.91. The lowest BCUT2D eigenvalue weighted by atomic mass is 10.1. The fourth-order valence-electron chi connectivity index (χ4n) is 1.35. The molecule has 0 aromatic heterocycles. The average molecular weight is 173 g/mol. The van der Waals surface area contributed by atoms with Crippen LogP contribution in [0.3, 0.4) is 0 Å². The van der Waals surface area contributed by atoms with Gasteiger partial charge in [0.05, 0.1) is 0 Å². The lowest BCUT2D eigenvalue weighted by Gasteiger charge is -2.23. The van der Waals surface area contributed by atoms with E-state index in [1.807, 2.05) is 0 Å². The zero-order valence-electron chi connectivity index (χ0n) is 7.84. The summed E-state index contributed by atoms with van der Waals surface area (Å²) in [6, 6.07) is 0.709. The summed E-state index contributed by atoms with van der Waals surface area (Å²) in [6.07, 6.45) is 1.43. The van der Waals surface area contributed by atoms with Gasteiger partial charge in [-0.3, -0.25) is 0 Å². The van der Waals surface area contributed by atoms with E-state index >= 15 is 0 Å². The number of rotatable bonds is 3. The van der Waals surface area contributed by atoms with Gasteiger partial charge in [0.2, 0.25) is 0 Å². The minimum atomic E-state index is 0.709. The van der Waals surface area contributed by atoms with Gasteiger partial charge in [-0.05, 0) is 44.7 Å².